The van der Waals surface area contributed by atoms with Gasteiger partial charge in [0.15, 0.2) is 11.6 Å². The molecule has 1 heterocycles. The number of ketones is 2. The van der Waals surface area contributed by atoms with Gasteiger partial charge in [0.1, 0.15) is 5.75 Å². The van der Waals surface area contributed by atoms with Gasteiger partial charge in [0, 0.05) is 30.0 Å². The smallest absolute Gasteiger partial charge is 0.233 e. The van der Waals surface area contributed by atoms with Crippen molar-refractivity contribution in [3.05, 3.63) is 131 Å². The summed E-state index contributed by atoms with van der Waals surface area (Å²) in [7, 11) is 1.52. The number of hydrogen-bond acceptors (Lipinski definition) is 5. The van der Waals surface area contributed by atoms with E-state index >= 15 is 0 Å². The van der Waals surface area contributed by atoms with Crippen LogP contribution in [0.5, 0.6) is 5.75 Å². The van der Waals surface area contributed by atoms with Crippen molar-refractivity contribution in [2.75, 3.05) is 7.05 Å². The second kappa shape index (κ2) is 10.4. The molecular weight excluding hydrogens is 550 g/mol. The summed E-state index contributed by atoms with van der Waals surface area (Å²) in [6, 6.07) is 24.1. The number of carbonyl (C=O) groups excluding carboxylic acids is 4. The molecule has 3 aliphatic carbocycles. The molecule has 0 bridgehead atoms. The van der Waals surface area contributed by atoms with Crippen LogP contribution in [0.2, 0.25) is 0 Å². The van der Waals surface area contributed by atoms with Crippen LogP contribution in [0, 0.1) is 23.7 Å². The summed E-state index contributed by atoms with van der Waals surface area (Å²) in [5.74, 6) is -3.94. The highest BCUT2D eigenvalue weighted by Crippen LogP contribution is 2.64. The Morgan fingerprint density at radius 1 is 0.909 bits per heavy atom. The van der Waals surface area contributed by atoms with Gasteiger partial charge in [0.05, 0.1) is 17.3 Å². The van der Waals surface area contributed by atoms with Gasteiger partial charge in [-0.1, -0.05) is 96.6 Å². The third kappa shape index (κ3) is 3.79. The maximum Gasteiger partial charge on any atom is 0.233 e. The Balaban J connectivity index is 1.54. The predicted octanol–water partition coefficient (Wildman–Crippen LogP) is 5.57. The third-order valence-electron chi connectivity index (χ3n) is 10.4. The zero-order valence-electron chi connectivity index (χ0n) is 24.5. The fourth-order valence-corrected chi connectivity index (χ4v) is 8.54. The highest BCUT2D eigenvalue weighted by molar-refractivity contribution is 6.31. The molecule has 44 heavy (non-hydrogen) atoms. The Morgan fingerprint density at radius 2 is 1.61 bits per heavy atom. The highest BCUT2D eigenvalue weighted by Gasteiger charge is 2.66. The summed E-state index contributed by atoms with van der Waals surface area (Å²) < 4.78 is 0. The summed E-state index contributed by atoms with van der Waals surface area (Å²) in [5, 5.41) is 11.8. The standard InChI is InChI=1S/C38H33NO5/c1-3-11-23-14-10-17-27(34(23)41)33-25-18-19-26-32(37(44)39(2)36(26)43)29(25)20-30-35(42)28(22-12-6-4-7-13-22)21-31(40)38(30,33)24-15-8-5-9-16-24/h3-10,12-18,21,26,29-30,32-33,41H,1,11,19-20H2,2H3. The number of benzene rings is 3. The summed E-state index contributed by atoms with van der Waals surface area (Å²) >= 11 is 0. The molecule has 1 aliphatic heterocycles. The van der Waals surface area contributed by atoms with Crippen LogP contribution >= 0.6 is 0 Å². The number of carbonyl (C=O) groups is 4. The molecule has 6 nitrogen and oxygen atoms in total. The van der Waals surface area contributed by atoms with Gasteiger partial charge in [-0.25, -0.2) is 0 Å². The van der Waals surface area contributed by atoms with E-state index in [-0.39, 0.29) is 35.6 Å². The van der Waals surface area contributed by atoms with Crippen molar-refractivity contribution in [3.63, 3.8) is 0 Å². The topological polar surface area (TPSA) is 91.8 Å². The van der Waals surface area contributed by atoms with E-state index in [1.54, 1.807) is 6.08 Å². The van der Waals surface area contributed by atoms with E-state index in [9.17, 15) is 24.3 Å². The summed E-state index contributed by atoms with van der Waals surface area (Å²) in [6.07, 6.45) is 6.24. The molecule has 6 atom stereocenters. The van der Waals surface area contributed by atoms with Crippen molar-refractivity contribution in [3.8, 4) is 5.75 Å². The van der Waals surface area contributed by atoms with Crippen LogP contribution in [0.1, 0.15) is 41.0 Å². The number of phenolic OH excluding ortho intramolecular Hbond substituents is 1. The fourth-order valence-electron chi connectivity index (χ4n) is 8.54. The van der Waals surface area contributed by atoms with Gasteiger partial charge in [-0.15, -0.1) is 6.58 Å². The van der Waals surface area contributed by atoms with E-state index in [4.69, 9.17) is 0 Å². The van der Waals surface area contributed by atoms with Crippen LogP contribution in [-0.2, 0) is 31.0 Å². The first-order valence-electron chi connectivity index (χ1n) is 15.1. The molecule has 7 rings (SSSR count). The number of fused-ring (bicyclic) bond motifs is 4. The Hall–Kier alpha value is -4.84. The molecule has 1 saturated carbocycles. The lowest BCUT2D eigenvalue weighted by atomic mass is 9.44. The molecule has 1 saturated heterocycles. The number of rotatable bonds is 5. The second-order valence-electron chi connectivity index (χ2n) is 12.4. The molecule has 4 aliphatic rings. The lowest BCUT2D eigenvalue weighted by Crippen LogP contribution is -2.58. The largest absolute Gasteiger partial charge is 0.507 e. The van der Waals surface area contributed by atoms with E-state index in [0.29, 0.717) is 40.7 Å². The third-order valence-corrected chi connectivity index (χ3v) is 10.4. The van der Waals surface area contributed by atoms with Crippen LogP contribution in [0.15, 0.2) is 109 Å². The normalized spacial score (nSPS) is 29.4. The molecule has 3 aromatic carbocycles. The molecule has 0 spiro atoms. The minimum Gasteiger partial charge on any atom is -0.507 e. The number of likely N-dealkylation sites (tertiary alicyclic amines) is 1. The van der Waals surface area contributed by atoms with Crippen molar-refractivity contribution in [2.45, 2.75) is 30.6 Å². The Bertz CT molecular complexity index is 1790. The molecular formula is C38H33NO5. The van der Waals surface area contributed by atoms with Crippen molar-refractivity contribution >= 4 is 29.0 Å². The Labute approximate surface area is 256 Å². The van der Waals surface area contributed by atoms with Crippen molar-refractivity contribution in [2.24, 2.45) is 23.7 Å². The number of imide groups is 1. The second-order valence-corrected chi connectivity index (χ2v) is 12.4. The van der Waals surface area contributed by atoms with Crippen molar-refractivity contribution in [1.82, 2.24) is 4.90 Å². The fraction of sp³-hybridized carbons (Fsp3) is 0.263. The van der Waals surface area contributed by atoms with E-state index in [1.165, 1.54) is 18.0 Å². The van der Waals surface area contributed by atoms with Gasteiger partial charge in [-0.2, -0.15) is 0 Å². The van der Waals surface area contributed by atoms with Gasteiger partial charge in [-0.05, 0) is 47.9 Å². The maximum absolute atomic E-state index is 15.0. The number of allylic oxidation sites excluding steroid dienone is 5. The van der Waals surface area contributed by atoms with Crippen molar-refractivity contribution in [1.29, 1.82) is 0 Å². The first-order valence-corrected chi connectivity index (χ1v) is 15.1. The number of Topliss-reactive ketones (excluding diaryl/α,β-unsaturated/α-hetero) is 1. The van der Waals surface area contributed by atoms with Crippen LogP contribution in [-0.4, -0.2) is 40.4 Å². The minimum absolute atomic E-state index is 0.0548. The van der Waals surface area contributed by atoms with Crippen LogP contribution < -0.4 is 0 Å². The average molecular weight is 584 g/mol. The van der Waals surface area contributed by atoms with E-state index in [2.05, 4.69) is 6.58 Å². The SMILES string of the molecule is C=CCc1cccc(C2C3=CCC4C(=O)N(C)C(=O)C4C3CC3C(=O)C(c4ccccc4)=CC(=O)C32c2ccccc2)c1O. The van der Waals surface area contributed by atoms with E-state index < -0.39 is 35.0 Å². The molecule has 1 N–H and O–H groups in total. The molecule has 3 aromatic rings. The van der Waals surface area contributed by atoms with Crippen LogP contribution in [0.3, 0.4) is 0 Å². The van der Waals surface area contributed by atoms with Gasteiger partial charge in [-0.3, -0.25) is 24.1 Å². The first-order chi connectivity index (χ1) is 21.3. The highest BCUT2D eigenvalue weighted by atomic mass is 16.3. The molecule has 0 radical (unpaired) electrons. The molecule has 6 unspecified atom stereocenters. The molecule has 2 fully saturated rings. The Morgan fingerprint density at radius 3 is 2.32 bits per heavy atom. The number of phenols is 1. The minimum atomic E-state index is -1.37. The summed E-state index contributed by atoms with van der Waals surface area (Å²) in [4.78, 5) is 57.8. The zero-order valence-corrected chi connectivity index (χ0v) is 24.5. The molecule has 2 amide bonds. The Kier molecular flexibility index (Phi) is 6.61. The van der Waals surface area contributed by atoms with Crippen molar-refractivity contribution < 1.29 is 24.3 Å². The first kappa shape index (κ1) is 28.0. The lowest BCUT2D eigenvalue weighted by molar-refractivity contribution is -0.139. The van der Waals surface area contributed by atoms with Crippen LogP contribution in [0.25, 0.3) is 5.57 Å². The maximum atomic E-state index is 15.0. The van der Waals surface area contributed by atoms with Crippen LogP contribution in [0.4, 0.5) is 0 Å². The summed E-state index contributed by atoms with van der Waals surface area (Å²) in [5.41, 5.74) is 2.37. The predicted molar refractivity (Wildman–Crippen MR) is 166 cm³/mol. The van der Waals surface area contributed by atoms with E-state index in [0.717, 1.165) is 5.57 Å². The molecule has 6 heteroatoms. The monoisotopic (exact) mass is 583 g/mol. The molecule has 220 valence electrons. The summed E-state index contributed by atoms with van der Waals surface area (Å²) in [6.45, 7) is 3.85. The molecule has 0 aromatic heterocycles. The number of amides is 2. The van der Waals surface area contributed by atoms with Gasteiger partial charge in [0.2, 0.25) is 11.8 Å². The number of nitrogens with zero attached hydrogens (tertiary/aromatic N) is 1. The zero-order chi connectivity index (χ0) is 30.7. The number of para-hydroxylation sites is 1. The number of aromatic hydroxyl groups is 1. The van der Waals surface area contributed by atoms with Gasteiger partial charge in [0.25, 0.3) is 0 Å². The van der Waals surface area contributed by atoms with Gasteiger partial charge < -0.3 is 5.11 Å². The quantitative estimate of drug-likeness (QED) is 0.313. The average Bonchev–Trinajstić information content (AvgIpc) is 3.27. The van der Waals surface area contributed by atoms with E-state index in [1.807, 2.05) is 84.9 Å². The number of hydrogen-bond donors (Lipinski definition) is 1. The lowest BCUT2D eigenvalue weighted by Gasteiger charge is -2.55. The van der Waals surface area contributed by atoms with Gasteiger partial charge >= 0.3 is 0 Å².